The van der Waals surface area contributed by atoms with E-state index in [1.807, 2.05) is 39.5 Å². The summed E-state index contributed by atoms with van der Waals surface area (Å²) in [5.74, 6) is 0. The van der Waals surface area contributed by atoms with E-state index in [4.69, 9.17) is 0 Å². The fourth-order valence-electron chi connectivity index (χ4n) is 0.543. The van der Waals surface area contributed by atoms with Gasteiger partial charge in [-0.25, -0.2) is 0 Å². The first kappa shape index (κ1) is 9.08. The van der Waals surface area contributed by atoms with Crippen LogP contribution in [0.4, 0.5) is 0 Å². The molecule has 2 nitrogen and oxygen atoms in total. The van der Waals surface area contributed by atoms with Crippen LogP contribution in [-0.2, 0) is 0 Å². The molecule has 58 valence electrons. The van der Waals surface area contributed by atoms with Crippen molar-refractivity contribution in [2.24, 2.45) is 0 Å². The molecule has 0 saturated carbocycles. The maximum atomic E-state index is 2.98. The zero-order valence-electron chi connectivity index (χ0n) is 7.18. The van der Waals surface area contributed by atoms with Gasteiger partial charge in [0.2, 0.25) is 0 Å². The Kier molecular flexibility index (Phi) is 4.46. The number of nitrogens with zero attached hydrogens (tertiary/aromatic N) is 1. The van der Waals surface area contributed by atoms with Crippen molar-refractivity contribution in [2.45, 2.75) is 20.8 Å². The van der Waals surface area contributed by atoms with E-state index in [0.29, 0.717) is 0 Å². The van der Waals surface area contributed by atoms with Gasteiger partial charge in [0.15, 0.2) is 0 Å². The second kappa shape index (κ2) is 4.91. The van der Waals surface area contributed by atoms with Gasteiger partial charge in [0.1, 0.15) is 0 Å². The van der Waals surface area contributed by atoms with Crippen LogP contribution in [0, 0.1) is 0 Å². The zero-order valence-corrected chi connectivity index (χ0v) is 7.18. The fourth-order valence-corrected chi connectivity index (χ4v) is 0.543. The number of allylic oxidation sites excluding steroid dienone is 1. The molecule has 0 saturated heterocycles. The van der Waals surface area contributed by atoms with E-state index in [9.17, 15) is 0 Å². The van der Waals surface area contributed by atoms with Crippen molar-refractivity contribution in [1.82, 2.24) is 10.2 Å². The third-order valence-electron chi connectivity index (χ3n) is 1.24. The minimum absolute atomic E-state index is 1.23. The first-order chi connectivity index (χ1) is 4.80. The van der Waals surface area contributed by atoms with Crippen molar-refractivity contribution < 1.29 is 0 Å². The van der Waals surface area contributed by atoms with Crippen LogP contribution in [0.15, 0.2) is 24.3 Å². The summed E-state index contributed by atoms with van der Waals surface area (Å²) < 4.78 is 0. The van der Waals surface area contributed by atoms with Crippen molar-refractivity contribution in [3.8, 4) is 0 Å². The van der Waals surface area contributed by atoms with Gasteiger partial charge >= 0.3 is 0 Å². The van der Waals surface area contributed by atoms with E-state index in [1.54, 1.807) is 0 Å². The van der Waals surface area contributed by atoms with Crippen LogP contribution < -0.4 is 5.32 Å². The van der Waals surface area contributed by atoms with Crippen LogP contribution in [0.1, 0.15) is 20.8 Å². The van der Waals surface area contributed by atoms with Crippen LogP contribution in [0.5, 0.6) is 0 Å². The molecule has 1 heterocycles. The van der Waals surface area contributed by atoms with E-state index in [-0.39, 0.29) is 0 Å². The van der Waals surface area contributed by atoms with E-state index < -0.39 is 0 Å². The van der Waals surface area contributed by atoms with Crippen molar-refractivity contribution in [1.29, 1.82) is 0 Å². The molecule has 0 aliphatic carbocycles. The first-order valence-electron chi connectivity index (χ1n) is 3.63. The predicted molar refractivity (Wildman–Crippen MR) is 45.1 cm³/mol. The van der Waals surface area contributed by atoms with Crippen LogP contribution in [-0.4, -0.2) is 11.9 Å². The molecule has 1 N–H and O–H groups in total. The topological polar surface area (TPSA) is 15.3 Å². The first-order valence-corrected chi connectivity index (χ1v) is 3.63. The molecule has 10 heavy (non-hydrogen) atoms. The molecule has 0 spiro atoms. The molecule has 1 aliphatic rings. The molecule has 0 bridgehead atoms. The lowest BCUT2D eigenvalue weighted by atomic mass is 10.4. The Labute approximate surface area is 63.2 Å². The molecule has 0 aromatic carbocycles. The third kappa shape index (κ3) is 2.58. The zero-order chi connectivity index (χ0) is 7.98. The maximum absolute atomic E-state index is 2.98. The van der Waals surface area contributed by atoms with Crippen LogP contribution in [0.3, 0.4) is 0 Å². The smallest absolute Gasteiger partial charge is 0.0301 e. The summed E-state index contributed by atoms with van der Waals surface area (Å²) in [6, 6.07) is 0. The second-order valence-electron chi connectivity index (χ2n) is 1.88. The Balaban J connectivity index is 0.000000371. The highest BCUT2D eigenvalue weighted by molar-refractivity contribution is 5.06. The molecule has 0 aromatic rings. The summed E-state index contributed by atoms with van der Waals surface area (Å²) >= 11 is 0. The number of nitrogens with one attached hydrogen (secondary N) is 1. The fraction of sp³-hybridized carbons (Fsp3) is 0.500. The van der Waals surface area contributed by atoms with Gasteiger partial charge in [0.05, 0.1) is 0 Å². The minimum atomic E-state index is 1.23. The lowest BCUT2D eigenvalue weighted by Gasteiger charge is -2.17. The summed E-state index contributed by atoms with van der Waals surface area (Å²) in [5.41, 5.74) is 1.23. The Morgan fingerprint density at radius 3 is 2.30 bits per heavy atom. The Hall–Kier alpha value is -0.920. The molecule has 0 unspecified atom stereocenters. The maximum Gasteiger partial charge on any atom is 0.0301 e. The van der Waals surface area contributed by atoms with Gasteiger partial charge in [-0.3, -0.25) is 0 Å². The quantitative estimate of drug-likeness (QED) is 0.552. The molecule has 1 aliphatic heterocycles. The monoisotopic (exact) mass is 140 g/mol. The molecule has 0 fully saturated rings. The van der Waals surface area contributed by atoms with Gasteiger partial charge in [-0.05, 0) is 6.92 Å². The van der Waals surface area contributed by atoms with Gasteiger partial charge in [0.25, 0.3) is 0 Å². The van der Waals surface area contributed by atoms with E-state index >= 15 is 0 Å². The lowest BCUT2D eigenvalue weighted by molar-refractivity contribution is 0.550. The largest absolute Gasteiger partial charge is 0.365 e. The molecule has 1 rings (SSSR count). The van der Waals surface area contributed by atoms with E-state index in [1.165, 1.54) is 5.70 Å². The third-order valence-corrected chi connectivity index (χ3v) is 1.24. The summed E-state index contributed by atoms with van der Waals surface area (Å²) in [6.07, 6.45) is 5.84. The normalized spacial score (nSPS) is 14.8. The predicted octanol–water partition coefficient (Wildman–Crippen LogP) is 1.88. The molecular formula is C8H16N2. The van der Waals surface area contributed by atoms with Gasteiger partial charge < -0.3 is 10.2 Å². The van der Waals surface area contributed by atoms with Crippen LogP contribution in [0.25, 0.3) is 0 Å². The average Bonchev–Trinajstić information content (AvgIpc) is 2.00. The molecular weight excluding hydrogens is 124 g/mol. The average molecular weight is 140 g/mol. The molecule has 0 atom stereocenters. The highest BCUT2D eigenvalue weighted by Crippen LogP contribution is 2.01. The lowest BCUT2D eigenvalue weighted by Crippen LogP contribution is -2.15. The Morgan fingerprint density at radius 1 is 1.40 bits per heavy atom. The summed E-state index contributed by atoms with van der Waals surface area (Å²) in [7, 11) is 2.02. The van der Waals surface area contributed by atoms with Crippen LogP contribution >= 0.6 is 0 Å². The molecule has 0 radical (unpaired) electrons. The number of hydrogen-bond donors (Lipinski definition) is 1. The molecule has 0 aromatic heterocycles. The standard InChI is InChI=1S/C6H10N2.C2H6/c1-6-5-7-3-4-8(6)2;1-2/h3-5,7H,1-2H3;1-2H3. The van der Waals surface area contributed by atoms with Crippen LogP contribution in [0.2, 0.25) is 0 Å². The Bertz CT molecular complexity index is 136. The van der Waals surface area contributed by atoms with Gasteiger partial charge in [-0.2, -0.15) is 0 Å². The number of rotatable bonds is 0. The highest BCUT2D eigenvalue weighted by Gasteiger charge is 1.94. The minimum Gasteiger partial charge on any atom is -0.365 e. The van der Waals surface area contributed by atoms with Crippen molar-refractivity contribution >= 4 is 0 Å². The highest BCUT2D eigenvalue weighted by atomic mass is 15.1. The van der Waals surface area contributed by atoms with E-state index in [2.05, 4.69) is 17.1 Å². The summed E-state index contributed by atoms with van der Waals surface area (Å²) in [4.78, 5) is 2.05. The molecule has 2 heteroatoms. The Morgan fingerprint density at radius 2 is 2.00 bits per heavy atom. The van der Waals surface area contributed by atoms with Gasteiger partial charge in [-0.15, -0.1) is 0 Å². The molecule has 0 amide bonds. The summed E-state index contributed by atoms with van der Waals surface area (Å²) in [6.45, 7) is 6.05. The van der Waals surface area contributed by atoms with E-state index in [0.717, 1.165) is 0 Å². The van der Waals surface area contributed by atoms with Crippen molar-refractivity contribution in [3.63, 3.8) is 0 Å². The van der Waals surface area contributed by atoms with Crippen molar-refractivity contribution in [2.75, 3.05) is 7.05 Å². The SMILES string of the molecule is CC.CC1=CNC=CN1C. The summed E-state index contributed by atoms with van der Waals surface area (Å²) in [5, 5.41) is 2.98. The second-order valence-corrected chi connectivity index (χ2v) is 1.88. The van der Waals surface area contributed by atoms with Crippen molar-refractivity contribution in [3.05, 3.63) is 24.3 Å². The van der Waals surface area contributed by atoms with Gasteiger partial charge in [-0.1, -0.05) is 13.8 Å². The van der Waals surface area contributed by atoms with Gasteiger partial charge in [0, 0.05) is 31.3 Å². The number of hydrogen-bond acceptors (Lipinski definition) is 2.